The maximum Gasteiger partial charge on any atom is 0.229 e. The van der Waals surface area contributed by atoms with Crippen LogP contribution >= 0.6 is 0 Å². The summed E-state index contributed by atoms with van der Waals surface area (Å²) in [5.74, 6) is -0.583. The van der Waals surface area contributed by atoms with Gasteiger partial charge in [-0.15, -0.1) is 0 Å². The summed E-state index contributed by atoms with van der Waals surface area (Å²) in [6.07, 6.45) is 3.74. The summed E-state index contributed by atoms with van der Waals surface area (Å²) in [6, 6.07) is 4.70. The van der Waals surface area contributed by atoms with Gasteiger partial charge in [-0.25, -0.2) is 4.39 Å². The number of fused-ring (bicyclic) bond motifs is 1. The predicted molar refractivity (Wildman–Crippen MR) is 83.6 cm³/mol. The van der Waals surface area contributed by atoms with Crippen LogP contribution < -0.4 is 16.4 Å². The molecule has 1 aromatic carbocycles. The van der Waals surface area contributed by atoms with Gasteiger partial charge in [-0.05, 0) is 24.5 Å². The van der Waals surface area contributed by atoms with Crippen molar-refractivity contribution in [1.82, 2.24) is 10.6 Å². The molecular weight excluding hydrogens is 297 g/mol. The van der Waals surface area contributed by atoms with E-state index >= 15 is 0 Å². The second-order valence-corrected chi connectivity index (χ2v) is 6.51. The normalized spacial score (nSPS) is 26.5. The summed E-state index contributed by atoms with van der Waals surface area (Å²) in [6.45, 7) is 0.403. The highest BCUT2D eigenvalue weighted by atomic mass is 19.1. The number of carbonyl (C=O) groups excluding carboxylic acids is 2. The van der Waals surface area contributed by atoms with Crippen LogP contribution in [0.4, 0.5) is 4.39 Å². The first-order valence-electron chi connectivity index (χ1n) is 8.10. The second kappa shape index (κ2) is 6.28. The molecule has 2 aliphatic rings. The molecule has 1 heterocycles. The molecule has 1 aliphatic carbocycles. The Labute approximate surface area is 134 Å². The van der Waals surface area contributed by atoms with Crippen LogP contribution in [0.25, 0.3) is 0 Å². The van der Waals surface area contributed by atoms with Gasteiger partial charge in [-0.2, -0.15) is 0 Å². The molecule has 5 nitrogen and oxygen atoms in total. The third-order valence-electron chi connectivity index (χ3n) is 5.09. The highest BCUT2D eigenvalue weighted by Gasteiger charge is 2.53. The molecule has 1 saturated heterocycles. The van der Waals surface area contributed by atoms with E-state index < -0.39 is 5.41 Å². The van der Waals surface area contributed by atoms with E-state index in [-0.39, 0.29) is 43.2 Å². The molecule has 4 N–H and O–H groups in total. The van der Waals surface area contributed by atoms with Crippen LogP contribution in [0.5, 0.6) is 0 Å². The van der Waals surface area contributed by atoms with Crippen LogP contribution in [0.2, 0.25) is 0 Å². The quantitative estimate of drug-likeness (QED) is 0.783. The second-order valence-electron chi connectivity index (χ2n) is 6.51. The highest BCUT2D eigenvalue weighted by Crippen LogP contribution is 2.43. The van der Waals surface area contributed by atoms with Gasteiger partial charge >= 0.3 is 0 Å². The van der Waals surface area contributed by atoms with Crippen molar-refractivity contribution >= 4 is 11.8 Å². The first kappa shape index (κ1) is 15.9. The molecule has 2 fully saturated rings. The topological polar surface area (TPSA) is 84.2 Å². The smallest absolute Gasteiger partial charge is 0.229 e. The number of carbonyl (C=O) groups is 2. The molecule has 2 amide bonds. The van der Waals surface area contributed by atoms with Crippen molar-refractivity contribution in [3.63, 3.8) is 0 Å². The highest BCUT2D eigenvalue weighted by molar-refractivity contribution is 5.93. The van der Waals surface area contributed by atoms with Crippen molar-refractivity contribution in [2.45, 2.75) is 51.2 Å². The maximum atomic E-state index is 14.0. The molecule has 124 valence electrons. The molecule has 0 bridgehead atoms. The Morgan fingerprint density at radius 2 is 2.26 bits per heavy atom. The number of amides is 2. The Bertz CT molecular complexity index is 634. The Morgan fingerprint density at radius 3 is 3.00 bits per heavy atom. The minimum atomic E-state index is -0.664. The lowest BCUT2D eigenvalue weighted by Crippen LogP contribution is -2.50. The van der Waals surface area contributed by atoms with Gasteiger partial charge in [-0.1, -0.05) is 25.0 Å². The van der Waals surface area contributed by atoms with Crippen LogP contribution in [0.15, 0.2) is 18.2 Å². The van der Waals surface area contributed by atoms with E-state index in [1.807, 2.05) is 0 Å². The molecule has 23 heavy (non-hydrogen) atoms. The number of nitrogens with two attached hydrogens (primary N) is 1. The molecule has 3 rings (SSSR count). The van der Waals surface area contributed by atoms with Crippen LogP contribution in [0.3, 0.4) is 0 Å². The van der Waals surface area contributed by atoms with Crippen molar-refractivity contribution in [2.24, 2.45) is 11.1 Å². The lowest BCUT2D eigenvalue weighted by Gasteiger charge is -2.36. The molecule has 0 aromatic heterocycles. The largest absolute Gasteiger partial charge is 0.352 e. The average Bonchev–Trinajstić information content (AvgIpc) is 2.90. The Kier molecular flexibility index (Phi) is 4.35. The average molecular weight is 319 g/mol. The minimum Gasteiger partial charge on any atom is -0.352 e. The first-order valence-corrected chi connectivity index (χ1v) is 8.10. The van der Waals surface area contributed by atoms with E-state index in [0.29, 0.717) is 17.5 Å². The fourth-order valence-electron chi connectivity index (χ4n) is 3.76. The third kappa shape index (κ3) is 2.95. The zero-order valence-electron chi connectivity index (χ0n) is 13.0. The summed E-state index contributed by atoms with van der Waals surface area (Å²) in [7, 11) is 0. The van der Waals surface area contributed by atoms with Crippen LogP contribution in [-0.2, 0) is 22.7 Å². The van der Waals surface area contributed by atoms with E-state index in [4.69, 9.17) is 5.73 Å². The van der Waals surface area contributed by atoms with Gasteiger partial charge in [0.25, 0.3) is 0 Å². The number of rotatable bonds is 4. The molecule has 0 spiro atoms. The molecule has 1 aliphatic heterocycles. The van der Waals surface area contributed by atoms with Gasteiger partial charge in [0.2, 0.25) is 11.8 Å². The SMILES string of the molecule is NCc1ccc(CNC(=O)[C@@]23CCCC[C@@H]2NC(=O)C3)c(F)c1. The van der Waals surface area contributed by atoms with Crippen molar-refractivity contribution in [3.05, 3.63) is 35.1 Å². The standard InChI is InChI=1S/C17H22FN3O2/c18-13-7-11(9-19)4-5-12(13)10-20-16(23)17-6-2-1-3-14(17)21-15(22)8-17/h4-5,7,14H,1-3,6,8-10,19H2,(H,20,23)(H,21,22)/t14-,17+/m0/s1. The fraction of sp³-hybridized carbons (Fsp3) is 0.529. The molecule has 0 unspecified atom stereocenters. The number of hydrogen-bond donors (Lipinski definition) is 3. The number of hydrogen-bond acceptors (Lipinski definition) is 3. The van der Waals surface area contributed by atoms with Crippen LogP contribution in [-0.4, -0.2) is 17.9 Å². The summed E-state index contributed by atoms with van der Waals surface area (Å²) < 4.78 is 14.0. The van der Waals surface area contributed by atoms with Gasteiger partial charge in [0.05, 0.1) is 5.41 Å². The van der Waals surface area contributed by atoms with E-state index in [9.17, 15) is 14.0 Å². The number of halogens is 1. The molecule has 6 heteroatoms. The molecule has 1 aromatic rings. The van der Waals surface area contributed by atoms with Gasteiger partial charge in [0, 0.05) is 31.1 Å². The lowest BCUT2D eigenvalue weighted by molar-refractivity contribution is -0.134. The van der Waals surface area contributed by atoms with Gasteiger partial charge in [0.15, 0.2) is 0 Å². The van der Waals surface area contributed by atoms with Crippen molar-refractivity contribution in [1.29, 1.82) is 0 Å². The number of benzene rings is 1. The fourth-order valence-corrected chi connectivity index (χ4v) is 3.76. The molecule has 0 radical (unpaired) electrons. The van der Waals surface area contributed by atoms with Crippen molar-refractivity contribution in [3.8, 4) is 0 Å². The summed E-state index contributed by atoms with van der Waals surface area (Å²) in [5, 5.41) is 5.74. The third-order valence-corrected chi connectivity index (χ3v) is 5.09. The first-order chi connectivity index (χ1) is 11.0. The molecule has 2 atom stereocenters. The van der Waals surface area contributed by atoms with Crippen LogP contribution in [0.1, 0.15) is 43.2 Å². The summed E-state index contributed by atoms with van der Waals surface area (Å²) in [5.41, 5.74) is 5.96. The van der Waals surface area contributed by atoms with E-state index in [0.717, 1.165) is 19.3 Å². The van der Waals surface area contributed by atoms with Gasteiger partial charge in [0.1, 0.15) is 5.82 Å². The summed E-state index contributed by atoms with van der Waals surface area (Å²) >= 11 is 0. The Hall–Kier alpha value is -1.95. The van der Waals surface area contributed by atoms with Crippen molar-refractivity contribution < 1.29 is 14.0 Å². The summed E-state index contributed by atoms with van der Waals surface area (Å²) in [4.78, 5) is 24.5. The number of nitrogens with one attached hydrogen (secondary N) is 2. The van der Waals surface area contributed by atoms with E-state index in [1.54, 1.807) is 12.1 Å². The van der Waals surface area contributed by atoms with Crippen molar-refractivity contribution in [2.75, 3.05) is 0 Å². The Morgan fingerprint density at radius 1 is 1.43 bits per heavy atom. The lowest BCUT2D eigenvalue weighted by atomic mass is 9.70. The molecule has 1 saturated carbocycles. The monoisotopic (exact) mass is 319 g/mol. The van der Waals surface area contributed by atoms with E-state index in [2.05, 4.69) is 10.6 Å². The maximum absolute atomic E-state index is 14.0. The zero-order valence-corrected chi connectivity index (χ0v) is 13.0. The minimum absolute atomic E-state index is 0.0643. The predicted octanol–water partition coefficient (Wildman–Crippen LogP) is 1.35. The van der Waals surface area contributed by atoms with E-state index in [1.165, 1.54) is 6.07 Å². The Balaban J connectivity index is 1.70. The van der Waals surface area contributed by atoms with Gasteiger partial charge in [-0.3, -0.25) is 9.59 Å². The molecular formula is C17H22FN3O2. The van der Waals surface area contributed by atoms with Crippen LogP contribution in [0, 0.1) is 11.2 Å². The zero-order chi connectivity index (χ0) is 16.4. The van der Waals surface area contributed by atoms with Gasteiger partial charge < -0.3 is 16.4 Å².